The van der Waals surface area contributed by atoms with Gasteiger partial charge >= 0.3 is 0 Å². The molecule has 0 aliphatic carbocycles. The number of nitrogens with one attached hydrogen (secondary N) is 1. The maximum atomic E-state index is 12.9. The van der Waals surface area contributed by atoms with Gasteiger partial charge in [0.15, 0.2) is 0 Å². The zero-order valence-corrected chi connectivity index (χ0v) is 14.6. The Kier molecular flexibility index (Phi) is 6.50. The number of rotatable bonds is 7. The molecule has 1 amide bonds. The Hall–Kier alpha value is -2.20. The first-order chi connectivity index (χ1) is 11.5. The Morgan fingerprint density at radius 2 is 1.67 bits per heavy atom. The molecule has 1 unspecified atom stereocenters. The van der Waals surface area contributed by atoms with Crippen LogP contribution in [0.3, 0.4) is 0 Å². The molecule has 2 aromatic carbocycles. The molecule has 0 bridgehead atoms. The quantitative estimate of drug-likeness (QED) is 0.840. The van der Waals surface area contributed by atoms with Crippen molar-refractivity contribution in [3.63, 3.8) is 0 Å². The summed E-state index contributed by atoms with van der Waals surface area (Å²) in [6.07, 6.45) is 1.03. The van der Waals surface area contributed by atoms with E-state index < -0.39 is 0 Å². The molecule has 0 radical (unpaired) electrons. The predicted molar refractivity (Wildman–Crippen MR) is 95.1 cm³/mol. The molecule has 0 saturated carbocycles. The standard InChI is InChI=1S/C20H25FN2O/c1-4-16-5-7-17(8-6-16)13-23(3)14-20(24)22-15(2)18-9-11-19(21)12-10-18/h5-12,15H,4,13-14H2,1-3H3,(H,22,24). The molecule has 0 heterocycles. The third-order valence-electron chi connectivity index (χ3n) is 4.04. The molecule has 0 spiro atoms. The van der Waals surface area contributed by atoms with E-state index in [0.29, 0.717) is 6.54 Å². The fraction of sp³-hybridized carbons (Fsp3) is 0.350. The van der Waals surface area contributed by atoms with E-state index >= 15 is 0 Å². The molecule has 1 atom stereocenters. The van der Waals surface area contributed by atoms with Crippen molar-refractivity contribution in [3.05, 3.63) is 71.0 Å². The van der Waals surface area contributed by atoms with Crippen LogP contribution in [0.2, 0.25) is 0 Å². The van der Waals surface area contributed by atoms with Crippen molar-refractivity contribution in [1.29, 1.82) is 0 Å². The van der Waals surface area contributed by atoms with E-state index in [9.17, 15) is 9.18 Å². The Bertz CT molecular complexity index is 652. The first kappa shape index (κ1) is 18.1. The van der Waals surface area contributed by atoms with Crippen LogP contribution in [0.1, 0.15) is 36.6 Å². The van der Waals surface area contributed by atoms with Crippen LogP contribution in [0.25, 0.3) is 0 Å². The molecule has 3 nitrogen and oxygen atoms in total. The lowest BCUT2D eigenvalue weighted by molar-refractivity contribution is -0.122. The smallest absolute Gasteiger partial charge is 0.234 e. The van der Waals surface area contributed by atoms with Gasteiger partial charge in [-0.3, -0.25) is 9.69 Å². The van der Waals surface area contributed by atoms with Gasteiger partial charge in [-0.15, -0.1) is 0 Å². The average Bonchev–Trinajstić information content (AvgIpc) is 2.55. The highest BCUT2D eigenvalue weighted by Gasteiger charge is 2.12. The van der Waals surface area contributed by atoms with E-state index in [4.69, 9.17) is 0 Å². The molecule has 0 fully saturated rings. The van der Waals surface area contributed by atoms with Gasteiger partial charge in [-0.25, -0.2) is 4.39 Å². The van der Waals surface area contributed by atoms with Crippen molar-refractivity contribution >= 4 is 5.91 Å². The number of hydrogen-bond acceptors (Lipinski definition) is 2. The summed E-state index contributed by atoms with van der Waals surface area (Å²) < 4.78 is 12.9. The summed E-state index contributed by atoms with van der Waals surface area (Å²) in [5.41, 5.74) is 3.39. The van der Waals surface area contributed by atoms with Crippen LogP contribution >= 0.6 is 0 Å². The van der Waals surface area contributed by atoms with Gasteiger partial charge in [0.2, 0.25) is 5.91 Å². The summed E-state index contributed by atoms with van der Waals surface area (Å²) in [5, 5.41) is 2.95. The summed E-state index contributed by atoms with van der Waals surface area (Å²) in [6, 6.07) is 14.5. The molecule has 0 aliphatic rings. The van der Waals surface area contributed by atoms with E-state index in [1.807, 2.05) is 18.9 Å². The lowest BCUT2D eigenvalue weighted by Crippen LogP contribution is -2.36. The van der Waals surface area contributed by atoms with Gasteiger partial charge in [0.05, 0.1) is 12.6 Å². The fourth-order valence-electron chi connectivity index (χ4n) is 2.62. The van der Waals surface area contributed by atoms with Crippen molar-refractivity contribution < 1.29 is 9.18 Å². The average molecular weight is 328 g/mol. The molecule has 2 aromatic rings. The molecule has 24 heavy (non-hydrogen) atoms. The van der Waals surface area contributed by atoms with E-state index in [2.05, 4.69) is 36.5 Å². The zero-order chi connectivity index (χ0) is 17.5. The van der Waals surface area contributed by atoms with Crippen LogP contribution in [0.5, 0.6) is 0 Å². The van der Waals surface area contributed by atoms with Crippen molar-refractivity contribution in [2.45, 2.75) is 32.9 Å². The number of halogens is 1. The summed E-state index contributed by atoms with van der Waals surface area (Å²) in [7, 11) is 1.93. The highest BCUT2D eigenvalue weighted by molar-refractivity contribution is 5.78. The number of carbonyl (C=O) groups excluding carboxylic acids is 1. The highest BCUT2D eigenvalue weighted by atomic mass is 19.1. The zero-order valence-electron chi connectivity index (χ0n) is 14.6. The predicted octanol–water partition coefficient (Wildman–Crippen LogP) is 3.70. The van der Waals surface area contributed by atoms with Gasteiger partial charge in [0.1, 0.15) is 5.82 Å². The SMILES string of the molecule is CCc1ccc(CN(C)CC(=O)NC(C)c2ccc(F)cc2)cc1. The number of amides is 1. The molecule has 128 valence electrons. The highest BCUT2D eigenvalue weighted by Crippen LogP contribution is 2.13. The summed E-state index contributed by atoms with van der Waals surface area (Å²) in [6.45, 7) is 5.08. The molecule has 4 heteroatoms. The molecule has 0 saturated heterocycles. The summed E-state index contributed by atoms with van der Waals surface area (Å²) in [5.74, 6) is -0.314. The van der Waals surface area contributed by atoms with E-state index in [1.54, 1.807) is 12.1 Å². The molecular formula is C20H25FN2O. The maximum Gasteiger partial charge on any atom is 0.234 e. The van der Waals surface area contributed by atoms with Crippen LogP contribution < -0.4 is 5.32 Å². The Labute approximate surface area is 143 Å². The van der Waals surface area contributed by atoms with Gasteiger partial charge < -0.3 is 5.32 Å². The van der Waals surface area contributed by atoms with Crippen LogP contribution in [-0.4, -0.2) is 24.4 Å². The molecule has 0 aromatic heterocycles. The number of likely N-dealkylation sites (N-methyl/N-ethyl adjacent to an activating group) is 1. The Morgan fingerprint density at radius 1 is 1.08 bits per heavy atom. The molecule has 2 rings (SSSR count). The first-order valence-corrected chi connectivity index (χ1v) is 8.29. The van der Waals surface area contributed by atoms with E-state index in [-0.39, 0.29) is 17.8 Å². The van der Waals surface area contributed by atoms with Gasteiger partial charge in [-0.2, -0.15) is 0 Å². The van der Waals surface area contributed by atoms with Gasteiger partial charge in [0.25, 0.3) is 0 Å². The van der Waals surface area contributed by atoms with Crippen molar-refractivity contribution in [3.8, 4) is 0 Å². The third kappa shape index (κ3) is 5.46. The molecular weight excluding hydrogens is 303 g/mol. The van der Waals surface area contributed by atoms with Crippen molar-refractivity contribution in [2.24, 2.45) is 0 Å². The number of aryl methyl sites for hydroxylation is 1. The van der Waals surface area contributed by atoms with E-state index in [1.165, 1.54) is 23.3 Å². The van der Waals surface area contributed by atoms with Crippen LogP contribution in [0.15, 0.2) is 48.5 Å². The normalized spacial score (nSPS) is 12.2. The number of benzene rings is 2. The maximum absolute atomic E-state index is 12.9. The second-order valence-corrected chi connectivity index (χ2v) is 6.18. The fourth-order valence-corrected chi connectivity index (χ4v) is 2.62. The monoisotopic (exact) mass is 328 g/mol. The number of hydrogen-bond donors (Lipinski definition) is 1. The van der Waals surface area contributed by atoms with Crippen LogP contribution in [0, 0.1) is 5.82 Å². The topological polar surface area (TPSA) is 32.3 Å². The van der Waals surface area contributed by atoms with E-state index in [0.717, 1.165) is 18.5 Å². The second kappa shape index (κ2) is 8.60. The lowest BCUT2D eigenvalue weighted by atomic mass is 10.1. The van der Waals surface area contributed by atoms with Gasteiger partial charge in [-0.1, -0.05) is 43.3 Å². The second-order valence-electron chi connectivity index (χ2n) is 6.18. The largest absolute Gasteiger partial charge is 0.348 e. The number of nitrogens with zero attached hydrogens (tertiary/aromatic N) is 1. The van der Waals surface area contributed by atoms with Crippen LogP contribution in [-0.2, 0) is 17.8 Å². The van der Waals surface area contributed by atoms with Gasteiger partial charge in [0, 0.05) is 6.54 Å². The Morgan fingerprint density at radius 3 is 2.25 bits per heavy atom. The third-order valence-corrected chi connectivity index (χ3v) is 4.04. The Balaban J connectivity index is 1.83. The minimum atomic E-state index is -0.272. The minimum absolute atomic E-state index is 0.0421. The summed E-state index contributed by atoms with van der Waals surface area (Å²) >= 11 is 0. The van der Waals surface area contributed by atoms with Crippen molar-refractivity contribution in [1.82, 2.24) is 10.2 Å². The first-order valence-electron chi connectivity index (χ1n) is 8.29. The number of carbonyl (C=O) groups is 1. The van der Waals surface area contributed by atoms with Crippen LogP contribution in [0.4, 0.5) is 4.39 Å². The summed E-state index contributed by atoms with van der Waals surface area (Å²) in [4.78, 5) is 14.1. The minimum Gasteiger partial charge on any atom is -0.348 e. The lowest BCUT2D eigenvalue weighted by Gasteiger charge is -2.19. The van der Waals surface area contributed by atoms with Crippen molar-refractivity contribution in [2.75, 3.05) is 13.6 Å². The van der Waals surface area contributed by atoms with Gasteiger partial charge in [-0.05, 0) is 49.2 Å². The molecule has 1 N–H and O–H groups in total. The molecule has 0 aliphatic heterocycles.